The number of nitrogens with one attached hydrogen (secondary N) is 1. The van der Waals surface area contributed by atoms with Crippen LogP contribution in [0.5, 0.6) is 0 Å². The summed E-state index contributed by atoms with van der Waals surface area (Å²) in [7, 11) is 1.21. The molecule has 0 aromatic rings. The molecular formula is C25H43NO8. The number of aliphatic hydroxyl groups excluding tert-OH is 3. The molecule has 0 aliphatic heterocycles. The van der Waals surface area contributed by atoms with E-state index in [0.29, 0.717) is 0 Å². The molecule has 0 unspecified atom stereocenters. The van der Waals surface area contributed by atoms with E-state index >= 15 is 0 Å². The number of esters is 1. The summed E-state index contributed by atoms with van der Waals surface area (Å²) in [5.74, 6) is -2.00. The van der Waals surface area contributed by atoms with Crippen LogP contribution >= 0.6 is 0 Å². The van der Waals surface area contributed by atoms with Gasteiger partial charge in [-0.25, -0.2) is 0 Å². The third-order valence-corrected chi connectivity index (χ3v) is 5.91. The van der Waals surface area contributed by atoms with Gasteiger partial charge in [0.05, 0.1) is 12.5 Å². The largest absolute Gasteiger partial charge is 0.464 e. The first-order valence-electron chi connectivity index (χ1n) is 12.1. The molecule has 1 aliphatic rings. The highest BCUT2D eigenvalue weighted by Crippen LogP contribution is 2.24. The van der Waals surface area contributed by atoms with Crippen molar-refractivity contribution in [3.8, 4) is 0 Å². The molecule has 1 fully saturated rings. The Morgan fingerprint density at radius 2 is 1.68 bits per heavy atom. The maximum Gasteiger partial charge on any atom is 0.308 e. The molecule has 1 amide bonds. The Morgan fingerprint density at radius 1 is 1.06 bits per heavy atom. The molecule has 1 saturated carbocycles. The van der Waals surface area contributed by atoms with Crippen molar-refractivity contribution in [3.63, 3.8) is 0 Å². The molecule has 0 aromatic carbocycles. The van der Waals surface area contributed by atoms with Crippen LogP contribution in [-0.4, -0.2) is 77.7 Å². The fraction of sp³-hybridized carbons (Fsp3) is 0.800. The van der Waals surface area contributed by atoms with Crippen LogP contribution in [-0.2, 0) is 23.9 Å². The van der Waals surface area contributed by atoms with Gasteiger partial charge in [0.25, 0.3) is 0 Å². The van der Waals surface area contributed by atoms with Gasteiger partial charge in [-0.1, -0.05) is 59.1 Å². The van der Waals surface area contributed by atoms with Crippen molar-refractivity contribution < 1.29 is 39.2 Å². The molecular weight excluding hydrogens is 442 g/mol. The van der Waals surface area contributed by atoms with Gasteiger partial charge in [-0.3, -0.25) is 14.4 Å². The van der Waals surface area contributed by atoms with Gasteiger partial charge >= 0.3 is 5.97 Å². The summed E-state index contributed by atoms with van der Waals surface area (Å²) in [4.78, 5) is 37.0. The van der Waals surface area contributed by atoms with E-state index in [9.17, 15) is 29.7 Å². The lowest BCUT2D eigenvalue weighted by Crippen LogP contribution is -2.48. The van der Waals surface area contributed by atoms with Gasteiger partial charge in [-0.05, 0) is 18.3 Å². The van der Waals surface area contributed by atoms with Gasteiger partial charge < -0.3 is 30.1 Å². The highest BCUT2D eigenvalue weighted by molar-refractivity contribution is 5.89. The smallest absolute Gasteiger partial charge is 0.308 e. The van der Waals surface area contributed by atoms with Gasteiger partial charge in [0, 0.05) is 19.4 Å². The number of ether oxygens (including phenoxy) is 2. The lowest BCUT2D eigenvalue weighted by atomic mass is 9.89. The minimum Gasteiger partial charge on any atom is -0.464 e. The Hall–Kier alpha value is -1.81. The SMILES string of the molecule is CO[C@@H](C(=O)C[C@@H](C)C(=O)NCCOC(=O)C1CCCCC1)[C@H](O)[C@@H](O)[C@H](O)/C=C/C(C)(C)C. The zero-order valence-corrected chi connectivity index (χ0v) is 21.2. The molecule has 1 rings (SSSR count). The van der Waals surface area contributed by atoms with Crippen molar-refractivity contribution in [1.82, 2.24) is 5.32 Å². The third kappa shape index (κ3) is 10.6. The zero-order chi connectivity index (χ0) is 25.9. The maximum atomic E-state index is 12.6. The predicted octanol–water partition coefficient (Wildman–Crippen LogP) is 1.52. The molecule has 0 heterocycles. The van der Waals surface area contributed by atoms with Gasteiger partial charge in [0.1, 0.15) is 31.0 Å². The van der Waals surface area contributed by atoms with E-state index in [-0.39, 0.29) is 36.9 Å². The van der Waals surface area contributed by atoms with Gasteiger partial charge in [-0.2, -0.15) is 0 Å². The lowest BCUT2D eigenvalue weighted by Gasteiger charge is -2.27. The number of ketones is 1. The normalized spacial score (nSPS) is 19.8. The van der Waals surface area contributed by atoms with Gasteiger partial charge in [0.15, 0.2) is 5.78 Å². The average Bonchev–Trinajstić information content (AvgIpc) is 2.79. The second-order valence-corrected chi connectivity index (χ2v) is 10.2. The number of rotatable bonds is 13. The second-order valence-electron chi connectivity index (χ2n) is 10.2. The standard InChI is InChI=1S/C25H43NO8/c1-16(23(31)26-13-14-34-24(32)17-9-7-6-8-10-17)15-19(28)22(33-5)21(30)20(29)18(27)11-12-25(2,3)4/h11-12,16-18,20-22,27,29-30H,6-10,13-15H2,1-5H3,(H,26,31)/b12-11+/t16-,18-,20+,21-,22+/m1/s1. The van der Waals surface area contributed by atoms with Crippen molar-refractivity contribution in [1.29, 1.82) is 0 Å². The van der Waals surface area contributed by atoms with E-state index in [0.717, 1.165) is 32.1 Å². The highest BCUT2D eigenvalue weighted by atomic mass is 16.5. The molecule has 9 heteroatoms. The highest BCUT2D eigenvalue weighted by Gasteiger charge is 2.36. The molecule has 0 spiro atoms. The predicted molar refractivity (Wildman–Crippen MR) is 127 cm³/mol. The summed E-state index contributed by atoms with van der Waals surface area (Å²) in [5, 5.41) is 33.4. The Kier molecular flexibility index (Phi) is 12.9. The molecule has 196 valence electrons. The number of aliphatic hydroxyl groups is 3. The van der Waals surface area contributed by atoms with Crippen LogP contribution in [0.1, 0.15) is 66.2 Å². The van der Waals surface area contributed by atoms with Crippen molar-refractivity contribution in [2.45, 2.75) is 90.6 Å². The molecule has 9 nitrogen and oxygen atoms in total. The van der Waals surface area contributed by atoms with E-state index < -0.39 is 42.0 Å². The Bertz CT molecular complexity index is 681. The molecule has 4 N–H and O–H groups in total. The number of Topliss-reactive ketones (excluding diaryl/α,β-unsaturated/α-hetero) is 1. The number of carbonyl (C=O) groups is 3. The average molecular weight is 486 g/mol. The summed E-state index contributed by atoms with van der Waals surface area (Å²) in [6.07, 6.45) is 1.60. The summed E-state index contributed by atoms with van der Waals surface area (Å²) in [6, 6.07) is 0. The van der Waals surface area contributed by atoms with Crippen LogP contribution in [0, 0.1) is 17.3 Å². The van der Waals surface area contributed by atoms with E-state index in [2.05, 4.69) is 5.32 Å². The molecule has 0 aromatic heterocycles. The van der Waals surface area contributed by atoms with Crippen LogP contribution < -0.4 is 5.32 Å². The molecule has 1 aliphatic carbocycles. The van der Waals surface area contributed by atoms with E-state index in [4.69, 9.17) is 9.47 Å². The zero-order valence-electron chi connectivity index (χ0n) is 21.2. The van der Waals surface area contributed by atoms with Gasteiger partial charge in [-0.15, -0.1) is 0 Å². The molecule has 34 heavy (non-hydrogen) atoms. The number of carbonyl (C=O) groups excluding carboxylic acids is 3. The van der Waals surface area contributed by atoms with Crippen LogP contribution in [0.25, 0.3) is 0 Å². The maximum absolute atomic E-state index is 12.6. The van der Waals surface area contributed by atoms with E-state index in [1.54, 1.807) is 13.0 Å². The molecule has 0 saturated heterocycles. The number of hydrogen-bond donors (Lipinski definition) is 4. The fourth-order valence-electron chi connectivity index (χ4n) is 3.81. The monoisotopic (exact) mass is 485 g/mol. The molecule has 5 atom stereocenters. The number of allylic oxidation sites excluding steroid dienone is 1. The number of methoxy groups -OCH3 is 1. The van der Waals surface area contributed by atoms with Crippen molar-refractivity contribution >= 4 is 17.7 Å². The number of hydrogen-bond acceptors (Lipinski definition) is 8. The second kappa shape index (κ2) is 14.6. The first-order valence-corrected chi connectivity index (χ1v) is 12.1. The summed E-state index contributed by atoms with van der Waals surface area (Å²) < 4.78 is 10.3. The van der Waals surface area contributed by atoms with Crippen LogP contribution in [0.15, 0.2) is 12.2 Å². The van der Waals surface area contributed by atoms with Crippen LogP contribution in [0.2, 0.25) is 0 Å². The van der Waals surface area contributed by atoms with Gasteiger partial charge in [0.2, 0.25) is 5.91 Å². The first-order chi connectivity index (χ1) is 15.9. The minimum atomic E-state index is -1.67. The lowest BCUT2D eigenvalue weighted by molar-refractivity contribution is -0.150. The summed E-state index contributed by atoms with van der Waals surface area (Å²) in [6.45, 7) is 7.48. The minimum absolute atomic E-state index is 0.0591. The van der Waals surface area contributed by atoms with Crippen molar-refractivity contribution in [2.75, 3.05) is 20.3 Å². The third-order valence-electron chi connectivity index (χ3n) is 5.91. The topological polar surface area (TPSA) is 142 Å². The van der Waals surface area contributed by atoms with E-state index in [1.165, 1.54) is 13.2 Å². The molecule has 0 radical (unpaired) electrons. The summed E-state index contributed by atoms with van der Waals surface area (Å²) in [5.41, 5.74) is -0.237. The Balaban J connectivity index is 2.47. The Morgan fingerprint density at radius 3 is 2.24 bits per heavy atom. The van der Waals surface area contributed by atoms with Crippen LogP contribution in [0.4, 0.5) is 0 Å². The molecule has 0 bridgehead atoms. The van der Waals surface area contributed by atoms with Crippen molar-refractivity contribution in [3.05, 3.63) is 12.2 Å². The summed E-state index contributed by atoms with van der Waals surface area (Å²) >= 11 is 0. The Labute approximate surface area is 202 Å². The van der Waals surface area contributed by atoms with E-state index in [1.807, 2.05) is 20.8 Å². The fourth-order valence-corrected chi connectivity index (χ4v) is 3.81. The number of amides is 1. The van der Waals surface area contributed by atoms with Crippen LogP contribution in [0.3, 0.4) is 0 Å². The quantitative estimate of drug-likeness (QED) is 0.175. The van der Waals surface area contributed by atoms with Crippen molar-refractivity contribution in [2.24, 2.45) is 17.3 Å². The first kappa shape index (κ1) is 30.2.